The van der Waals surface area contributed by atoms with Gasteiger partial charge in [0.15, 0.2) is 6.29 Å². The monoisotopic (exact) mass is 335 g/mol. The standard InChI is InChI=1S/C17H18FNO3S/c18-12-4-3-6-14-11(12)10-15(23-14)16(20)19-7-2-1-5-13(19)17-21-8-9-22-17/h3-4,6,10,13,17H,1-2,5,7-9H2. The zero-order chi connectivity index (χ0) is 15.8. The molecule has 2 aliphatic rings. The molecule has 0 saturated carbocycles. The third-order valence-electron chi connectivity index (χ3n) is 4.49. The molecular formula is C17H18FNO3S. The van der Waals surface area contributed by atoms with Gasteiger partial charge in [0, 0.05) is 16.6 Å². The zero-order valence-electron chi connectivity index (χ0n) is 12.7. The van der Waals surface area contributed by atoms with Crippen molar-refractivity contribution in [3.05, 3.63) is 35.0 Å². The molecule has 3 heterocycles. The van der Waals surface area contributed by atoms with Gasteiger partial charge in [0.25, 0.3) is 5.91 Å². The van der Waals surface area contributed by atoms with Crippen LogP contribution in [0.3, 0.4) is 0 Å². The summed E-state index contributed by atoms with van der Waals surface area (Å²) in [4.78, 5) is 15.4. The van der Waals surface area contributed by atoms with E-state index in [0.29, 0.717) is 30.0 Å². The second-order valence-electron chi connectivity index (χ2n) is 5.93. The number of halogens is 1. The van der Waals surface area contributed by atoms with E-state index >= 15 is 0 Å². The van der Waals surface area contributed by atoms with Crippen molar-refractivity contribution in [1.82, 2.24) is 4.90 Å². The van der Waals surface area contributed by atoms with Crippen LogP contribution >= 0.6 is 11.3 Å². The Hall–Kier alpha value is -1.50. The van der Waals surface area contributed by atoms with Crippen molar-refractivity contribution in [1.29, 1.82) is 0 Å². The molecule has 0 N–H and O–H groups in total. The maximum absolute atomic E-state index is 13.9. The number of amides is 1. The molecule has 1 atom stereocenters. The largest absolute Gasteiger partial charge is 0.348 e. The number of likely N-dealkylation sites (tertiary alicyclic amines) is 1. The molecule has 23 heavy (non-hydrogen) atoms. The van der Waals surface area contributed by atoms with Crippen LogP contribution in [0.15, 0.2) is 24.3 Å². The first-order chi connectivity index (χ1) is 11.2. The predicted molar refractivity (Wildman–Crippen MR) is 86.2 cm³/mol. The molecule has 1 aromatic carbocycles. The molecule has 0 aliphatic carbocycles. The van der Waals surface area contributed by atoms with E-state index in [2.05, 4.69) is 0 Å². The van der Waals surface area contributed by atoms with Gasteiger partial charge >= 0.3 is 0 Å². The number of fused-ring (bicyclic) bond motifs is 1. The topological polar surface area (TPSA) is 38.8 Å². The van der Waals surface area contributed by atoms with Crippen LogP contribution in [0.5, 0.6) is 0 Å². The number of carbonyl (C=O) groups excluding carboxylic acids is 1. The van der Waals surface area contributed by atoms with Crippen molar-refractivity contribution in [2.75, 3.05) is 19.8 Å². The minimum Gasteiger partial charge on any atom is -0.348 e. The number of piperidine rings is 1. The van der Waals surface area contributed by atoms with Crippen LogP contribution in [0.1, 0.15) is 28.9 Å². The highest BCUT2D eigenvalue weighted by Crippen LogP contribution is 2.31. The molecule has 1 amide bonds. The van der Waals surface area contributed by atoms with Gasteiger partial charge < -0.3 is 14.4 Å². The molecule has 4 rings (SSSR count). The Labute approximate surface area is 137 Å². The number of hydrogen-bond acceptors (Lipinski definition) is 4. The van der Waals surface area contributed by atoms with Crippen molar-refractivity contribution in [3.63, 3.8) is 0 Å². The molecule has 2 fully saturated rings. The Morgan fingerprint density at radius 1 is 1.26 bits per heavy atom. The molecule has 2 saturated heterocycles. The summed E-state index contributed by atoms with van der Waals surface area (Å²) in [7, 11) is 0. The van der Waals surface area contributed by atoms with Gasteiger partial charge in [-0.25, -0.2) is 4.39 Å². The van der Waals surface area contributed by atoms with Crippen LogP contribution in [0.25, 0.3) is 10.1 Å². The summed E-state index contributed by atoms with van der Waals surface area (Å²) < 4.78 is 25.9. The van der Waals surface area contributed by atoms with Crippen molar-refractivity contribution in [3.8, 4) is 0 Å². The van der Waals surface area contributed by atoms with Crippen LogP contribution in [-0.4, -0.2) is 42.9 Å². The van der Waals surface area contributed by atoms with E-state index < -0.39 is 0 Å². The van der Waals surface area contributed by atoms with Gasteiger partial charge in [-0.05, 0) is 37.5 Å². The summed E-state index contributed by atoms with van der Waals surface area (Å²) in [6.07, 6.45) is 2.60. The number of benzene rings is 1. The Kier molecular flexibility index (Phi) is 4.05. The van der Waals surface area contributed by atoms with Crippen LogP contribution in [0.2, 0.25) is 0 Å². The molecule has 0 radical (unpaired) electrons. The molecule has 122 valence electrons. The average molecular weight is 335 g/mol. The van der Waals surface area contributed by atoms with Crippen LogP contribution in [0.4, 0.5) is 4.39 Å². The van der Waals surface area contributed by atoms with Gasteiger partial charge in [0.2, 0.25) is 0 Å². The number of thiophene rings is 1. The Morgan fingerprint density at radius 2 is 2.09 bits per heavy atom. The molecule has 6 heteroatoms. The summed E-state index contributed by atoms with van der Waals surface area (Å²) >= 11 is 1.34. The number of hydrogen-bond donors (Lipinski definition) is 0. The zero-order valence-corrected chi connectivity index (χ0v) is 13.5. The van der Waals surface area contributed by atoms with E-state index in [1.165, 1.54) is 17.4 Å². The first-order valence-corrected chi connectivity index (χ1v) is 8.78. The highest BCUT2D eigenvalue weighted by molar-refractivity contribution is 7.20. The van der Waals surface area contributed by atoms with E-state index in [0.717, 1.165) is 24.0 Å². The number of nitrogens with zero attached hydrogens (tertiary/aromatic N) is 1. The second kappa shape index (κ2) is 6.19. The van der Waals surface area contributed by atoms with Crippen molar-refractivity contribution >= 4 is 27.3 Å². The predicted octanol–water partition coefficient (Wildman–Crippen LogP) is 3.41. The smallest absolute Gasteiger partial charge is 0.264 e. The molecule has 1 aromatic heterocycles. The third kappa shape index (κ3) is 2.75. The quantitative estimate of drug-likeness (QED) is 0.844. The highest BCUT2D eigenvalue weighted by Gasteiger charge is 2.37. The molecule has 0 bridgehead atoms. The Morgan fingerprint density at radius 3 is 2.87 bits per heavy atom. The maximum atomic E-state index is 13.9. The minimum absolute atomic E-state index is 0.0469. The fourth-order valence-corrected chi connectivity index (χ4v) is 4.39. The fraction of sp³-hybridized carbons (Fsp3) is 0.471. The van der Waals surface area contributed by atoms with Crippen LogP contribution < -0.4 is 0 Å². The summed E-state index contributed by atoms with van der Waals surface area (Å²) in [6, 6.07) is 6.56. The van der Waals surface area contributed by atoms with Gasteiger partial charge in [-0.3, -0.25) is 4.79 Å². The lowest BCUT2D eigenvalue weighted by molar-refractivity contribution is -0.100. The summed E-state index contributed by atoms with van der Waals surface area (Å²) in [6.45, 7) is 1.86. The summed E-state index contributed by atoms with van der Waals surface area (Å²) in [5.74, 6) is -0.329. The lowest BCUT2D eigenvalue weighted by Gasteiger charge is -2.37. The summed E-state index contributed by atoms with van der Waals surface area (Å²) in [5.41, 5.74) is 0. The van der Waals surface area contributed by atoms with Crippen molar-refractivity contribution in [2.45, 2.75) is 31.6 Å². The minimum atomic E-state index is -0.328. The fourth-order valence-electron chi connectivity index (χ4n) is 3.36. The average Bonchev–Trinajstić information content (AvgIpc) is 3.24. The maximum Gasteiger partial charge on any atom is 0.264 e. The van der Waals surface area contributed by atoms with Gasteiger partial charge in [-0.15, -0.1) is 11.3 Å². The second-order valence-corrected chi connectivity index (χ2v) is 7.02. The molecular weight excluding hydrogens is 317 g/mol. The summed E-state index contributed by atoms with van der Waals surface area (Å²) in [5, 5.41) is 0.516. The van der Waals surface area contributed by atoms with Gasteiger partial charge in [-0.2, -0.15) is 0 Å². The van der Waals surface area contributed by atoms with Gasteiger partial charge in [-0.1, -0.05) is 6.07 Å². The first kappa shape index (κ1) is 15.1. The van der Waals surface area contributed by atoms with E-state index in [1.807, 2.05) is 11.0 Å². The normalized spacial score (nSPS) is 22.8. The first-order valence-electron chi connectivity index (χ1n) is 7.96. The third-order valence-corrected chi connectivity index (χ3v) is 5.58. The molecule has 2 aliphatic heterocycles. The molecule has 2 aromatic rings. The Balaban J connectivity index is 1.63. The van der Waals surface area contributed by atoms with Crippen LogP contribution in [-0.2, 0) is 9.47 Å². The number of rotatable bonds is 2. The number of ether oxygens (including phenoxy) is 2. The van der Waals surface area contributed by atoms with Gasteiger partial charge in [0.05, 0.1) is 24.1 Å². The van der Waals surface area contributed by atoms with E-state index in [4.69, 9.17) is 9.47 Å². The van der Waals surface area contributed by atoms with E-state index in [-0.39, 0.29) is 24.1 Å². The molecule has 4 nitrogen and oxygen atoms in total. The van der Waals surface area contributed by atoms with Crippen molar-refractivity contribution in [2.24, 2.45) is 0 Å². The van der Waals surface area contributed by atoms with E-state index in [9.17, 15) is 9.18 Å². The van der Waals surface area contributed by atoms with Crippen LogP contribution in [0, 0.1) is 5.82 Å². The lowest BCUT2D eigenvalue weighted by atomic mass is 10.0. The molecule has 0 spiro atoms. The van der Waals surface area contributed by atoms with Gasteiger partial charge in [0.1, 0.15) is 5.82 Å². The van der Waals surface area contributed by atoms with Crippen molar-refractivity contribution < 1.29 is 18.7 Å². The lowest BCUT2D eigenvalue weighted by Crippen LogP contribution is -2.50. The Bertz CT molecular complexity index is 726. The number of carbonyl (C=O) groups is 1. The SMILES string of the molecule is O=C(c1cc2c(F)cccc2s1)N1CCCCC1C1OCCO1. The highest BCUT2D eigenvalue weighted by atomic mass is 32.1. The van der Waals surface area contributed by atoms with E-state index in [1.54, 1.807) is 12.1 Å². The molecule has 1 unspecified atom stereocenters.